The van der Waals surface area contributed by atoms with E-state index in [-0.39, 0.29) is 36.3 Å². The molecule has 1 aromatic rings. The molecule has 0 spiro atoms. The van der Waals surface area contributed by atoms with E-state index in [0.29, 0.717) is 12.8 Å². The van der Waals surface area contributed by atoms with E-state index in [9.17, 15) is 29.4 Å². The predicted octanol–water partition coefficient (Wildman–Crippen LogP) is 1.94. The van der Waals surface area contributed by atoms with Crippen LogP contribution in [0.1, 0.15) is 66.4 Å². The van der Waals surface area contributed by atoms with Crippen molar-refractivity contribution in [1.82, 2.24) is 16.0 Å². The molecule has 0 saturated carbocycles. The summed E-state index contributed by atoms with van der Waals surface area (Å²) in [5.74, 6) is -2.49. The molecular formula is C27H44N4O6. The van der Waals surface area contributed by atoms with Crippen LogP contribution < -0.4 is 21.7 Å². The summed E-state index contributed by atoms with van der Waals surface area (Å²) in [5.41, 5.74) is 6.84. The van der Waals surface area contributed by atoms with Gasteiger partial charge in [-0.05, 0) is 61.1 Å². The van der Waals surface area contributed by atoms with Gasteiger partial charge in [0, 0.05) is 0 Å². The highest BCUT2D eigenvalue weighted by atomic mass is 16.4. The molecule has 0 aliphatic rings. The van der Waals surface area contributed by atoms with E-state index in [1.54, 1.807) is 12.1 Å². The topological polar surface area (TPSA) is 171 Å². The van der Waals surface area contributed by atoms with Gasteiger partial charge in [0.1, 0.15) is 23.9 Å². The van der Waals surface area contributed by atoms with Crippen LogP contribution in [0, 0.1) is 17.8 Å². The van der Waals surface area contributed by atoms with Crippen LogP contribution in [0.2, 0.25) is 0 Å². The van der Waals surface area contributed by atoms with Crippen molar-refractivity contribution in [2.45, 2.75) is 91.4 Å². The fourth-order valence-corrected chi connectivity index (χ4v) is 3.90. The number of phenolic OH excluding ortho intramolecular Hbond substituents is 1. The first-order valence-corrected chi connectivity index (χ1v) is 12.9. The monoisotopic (exact) mass is 520 g/mol. The Bertz CT molecular complexity index is 901. The Labute approximate surface area is 219 Å². The molecule has 1 rings (SSSR count). The third kappa shape index (κ3) is 12.1. The Kier molecular flexibility index (Phi) is 13.1. The summed E-state index contributed by atoms with van der Waals surface area (Å²) < 4.78 is 0. The second-order valence-corrected chi connectivity index (χ2v) is 10.9. The van der Waals surface area contributed by atoms with Crippen molar-refractivity contribution in [3.05, 3.63) is 29.8 Å². The van der Waals surface area contributed by atoms with Crippen molar-refractivity contribution >= 4 is 23.7 Å². The van der Waals surface area contributed by atoms with Gasteiger partial charge >= 0.3 is 5.97 Å². The van der Waals surface area contributed by atoms with Gasteiger partial charge in [0.2, 0.25) is 17.7 Å². The number of nitrogens with one attached hydrogen (secondary N) is 3. The summed E-state index contributed by atoms with van der Waals surface area (Å²) >= 11 is 0. The van der Waals surface area contributed by atoms with Crippen LogP contribution in [0.4, 0.5) is 0 Å². The zero-order chi connectivity index (χ0) is 28.3. The Morgan fingerprint density at radius 1 is 0.703 bits per heavy atom. The first kappa shape index (κ1) is 31.9. The molecule has 1 aromatic carbocycles. The second kappa shape index (κ2) is 15.2. The molecule has 10 nitrogen and oxygen atoms in total. The molecule has 10 heteroatoms. The average molecular weight is 521 g/mol. The molecule has 7 N–H and O–H groups in total. The molecule has 37 heavy (non-hydrogen) atoms. The van der Waals surface area contributed by atoms with Crippen LogP contribution in [0.15, 0.2) is 24.3 Å². The maximum atomic E-state index is 13.2. The van der Waals surface area contributed by atoms with Gasteiger partial charge in [0.05, 0.1) is 6.04 Å². The van der Waals surface area contributed by atoms with E-state index in [1.807, 2.05) is 41.5 Å². The highest BCUT2D eigenvalue weighted by Gasteiger charge is 2.31. The molecular weight excluding hydrogens is 476 g/mol. The SMILES string of the molecule is CC(C)C[C@H](NC(=O)[C@H](CC(C)C)NC(=O)[C@H](CC(C)C)NC(=O)[C@@H](N)Cc1ccc(O)cc1)C(=O)O. The molecule has 0 aromatic heterocycles. The molecule has 3 amide bonds. The highest BCUT2D eigenvalue weighted by Crippen LogP contribution is 2.13. The van der Waals surface area contributed by atoms with Crippen molar-refractivity contribution in [3.63, 3.8) is 0 Å². The number of nitrogens with two attached hydrogens (primary N) is 1. The number of benzene rings is 1. The number of hydrogen-bond acceptors (Lipinski definition) is 6. The Morgan fingerprint density at radius 2 is 1.08 bits per heavy atom. The van der Waals surface area contributed by atoms with Gasteiger partial charge in [0.15, 0.2) is 0 Å². The van der Waals surface area contributed by atoms with Crippen molar-refractivity contribution in [3.8, 4) is 5.75 Å². The maximum Gasteiger partial charge on any atom is 0.326 e. The van der Waals surface area contributed by atoms with Crippen molar-refractivity contribution in [1.29, 1.82) is 0 Å². The van der Waals surface area contributed by atoms with Crippen LogP contribution in [-0.2, 0) is 25.6 Å². The van der Waals surface area contributed by atoms with E-state index in [1.165, 1.54) is 12.1 Å². The molecule has 0 saturated heterocycles. The average Bonchev–Trinajstić information content (AvgIpc) is 2.78. The minimum atomic E-state index is -1.13. The van der Waals surface area contributed by atoms with Gasteiger partial charge < -0.3 is 31.9 Å². The lowest BCUT2D eigenvalue weighted by molar-refractivity contribution is -0.143. The van der Waals surface area contributed by atoms with Crippen LogP contribution in [0.5, 0.6) is 5.75 Å². The largest absolute Gasteiger partial charge is 0.508 e. The number of aliphatic carboxylic acids is 1. The Hall–Kier alpha value is -3.14. The summed E-state index contributed by atoms with van der Waals surface area (Å²) in [6.07, 6.45) is 1.10. The highest BCUT2D eigenvalue weighted by molar-refractivity contribution is 5.94. The number of carboxylic acid groups (broad SMARTS) is 1. The van der Waals surface area contributed by atoms with Crippen LogP contribution in [0.3, 0.4) is 0 Å². The summed E-state index contributed by atoms with van der Waals surface area (Å²) in [5, 5.41) is 26.9. The van der Waals surface area contributed by atoms with Gasteiger partial charge in [-0.2, -0.15) is 0 Å². The normalized spacial score (nSPS) is 14.6. The Morgan fingerprint density at radius 3 is 1.49 bits per heavy atom. The predicted molar refractivity (Wildman–Crippen MR) is 142 cm³/mol. The van der Waals surface area contributed by atoms with Gasteiger partial charge in [-0.3, -0.25) is 14.4 Å². The lowest BCUT2D eigenvalue weighted by Crippen LogP contribution is -2.57. The molecule has 0 heterocycles. The lowest BCUT2D eigenvalue weighted by Gasteiger charge is -2.27. The number of carboxylic acids is 1. The van der Waals surface area contributed by atoms with Gasteiger partial charge in [-0.15, -0.1) is 0 Å². The molecule has 0 bridgehead atoms. The van der Waals surface area contributed by atoms with Crippen molar-refractivity contribution in [2.24, 2.45) is 23.5 Å². The van der Waals surface area contributed by atoms with E-state index in [0.717, 1.165) is 5.56 Å². The third-order valence-electron chi connectivity index (χ3n) is 5.73. The molecule has 0 aliphatic carbocycles. The van der Waals surface area contributed by atoms with E-state index < -0.39 is 47.9 Å². The lowest BCUT2D eigenvalue weighted by atomic mass is 9.98. The molecule has 0 unspecified atom stereocenters. The minimum Gasteiger partial charge on any atom is -0.508 e. The first-order chi connectivity index (χ1) is 17.2. The van der Waals surface area contributed by atoms with E-state index in [2.05, 4.69) is 16.0 Å². The number of aromatic hydroxyl groups is 1. The van der Waals surface area contributed by atoms with E-state index >= 15 is 0 Å². The molecule has 0 radical (unpaired) electrons. The van der Waals surface area contributed by atoms with E-state index in [4.69, 9.17) is 5.73 Å². The van der Waals surface area contributed by atoms with Crippen molar-refractivity contribution in [2.75, 3.05) is 0 Å². The summed E-state index contributed by atoms with van der Waals surface area (Å²) in [7, 11) is 0. The number of carbonyl (C=O) groups is 4. The standard InChI is InChI=1S/C27H44N4O6/c1-15(2)11-21(29-24(33)20(28)14-18-7-9-19(32)10-8-18)25(34)30-22(12-16(3)4)26(35)31-23(27(36)37)13-17(5)6/h7-10,15-17,20-23,32H,11-14,28H2,1-6H3,(H,29,33)(H,30,34)(H,31,35)(H,36,37)/t20-,21-,22-,23-/m0/s1. The number of hydrogen-bond donors (Lipinski definition) is 6. The first-order valence-electron chi connectivity index (χ1n) is 12.9. The molecule has 0 aliphatic heterocycles. The smallest absolute Gasteiger partial charge is 0.326 e. The zero-order valence-corrected chi connectivity index (χ0v) is 22.8. The fraction of sp³-hybridized carbons (Fsp3) is 0.630. The summed E-state index contributed by atoms with van der Waals surface area (Å²) in [4.78, 5) is 50.7. The van der Waals surface area contributed by atoms with Gasteiger partial charge in [0.25, 0.3) is 0 Å². The van der Waals surface area contributed by atoms with Crippen LogP contribution >= 0.6 is 0 Å². The quantitative estimate of drug-likeness (QED) is 0.205. The number of carbonyl (C=O) groups excluding carboxylic acids is 3. The van der Waals surface area contributed by atoms with Gasteiger partial charge in [-0.1, -0.05) is 53.7 Å². The molecule has 0 fully saturated rings. The van der Waals surface area contributed by atoms with Gasteiger partial charge in [-0.25, -0.2) is 4.79 Å². The van der Waals surface area contributed by atoms with Crippen LogP contribution in [0.25, 0.3) is 0 Å². The second-order valence-electron chi connectivity index (χ2n) is 10.9. The molecule has 4 atom stereocenters. The maximum absolute atomic E-state index is 13.2. The minimum absolute atomic E-state index is 0.0429. The fourth-order valence-electron chi connectivity index (χ4n) is 3.90. The zero-order valence-electron chi connectivity index (χ0n) is 22.8. The number of phenols is 1. The van der Waals surface area contributed by atoms with Crippen molar-refractivity contribution < 1.29 is 29.4 Å². The molecule has 208 valence electrons. The third-order valence-corrected chi connectivity index (χ3v) is 5.73. The Balaban J connectivity index is 2.97. The van der Waals surface area contributed by atoms with Crippen LogP contribution in [-0.4, -0.2) is 58.1 Å². The number of amides is 3. The number of rotatable bonds is 15. The summed E-state index contributed by atoms with van der Waals surface area (Å²) in [6.45, 7) is 11.3. The summed E-state index contributed by atoms with van der Waals surface area (Å²) in [6, 6.07) is 2.47.